The van der Waals surface area contributed by atoms with Gasteiger partial charge in [-0.3, -0.25) is 4.98 Å². The maximum absolute atomic E-state index is 4.43. The molecule has 0 spiro atoms. The van der Waals surface area contributed by atoms with Gasteiger partial charge in [0.15, 0.2) is 0 Å². The number of fused-ring (bicyclic) bond motifs is 2. The Balaban J connectivity index is 1.68. The molecular weight excluding hydrogens is 234 g/mol. The van der Waals surface area contributed by atoms with Crippen LogP contribution in [0.3, 0.4) is 0 Å². The van der Waals surface area contributed by atoms with Gasteiger partial charge in [-0.15, -0.1) is 0 Å². The minimum atomic E-state index is 0.651. The lowest BCUT2D eigenvalue weighted by molar-refractivity contribution is 0.580. The van der Waals surface area contributed by atoms with Crippen LogP contribution in [0, 0.1) is 0 Å². The summed E-state index contributed by atoms with van der Waals surface area (Å²) in [6, 6.07) is 14.1. The molecule has 3 heteroatoms. The molecule has 3 heterocycles. The summed E-state index contributed by atoms with van der Waals surface area (Å²) in [6.07, 6.45) is 5.22. The first-order valence-corrected chi connectivity index (χ1v) is 6.91. The van der Waals surface area contributed by atoms with E-state index in [1.165, 1.54) is 23.2 Å². The van der Waals surface area contributed by atoms with Gasteiger partial charge in [-0.1, -0.05) is 30.3 Å². The quantitative estimate of drug-likeness (QED) is 0.887. The van der Waals surface area contributed by atoms with Gasteiger partial charge >= 0.3 is 0 Å². The molecule has 2 atom stereocenters. The summed E-state index contributed by atoms with van der Waals surface area (Å²) < 4.78 is 0. The van der Waals surface area contributed by atoms with Crippen molar-refractivity contribution in [1.82, 2.24) is 10.3 Å². The standard InChI is InChI=1S/C16H17N3/c1-2-4-12(5-3-1)13-6-15(9-17-8-13)19-11-14-7-16(19)10-18-14/h1-6,8-9,14,16,18H,7,10-11H2. The smallest absolute Gasteiger partial charge is 0.0562 e. The molecule has 2 bridgehead atoms. The van der Waals surface area contributed by atoms with Crippen LogP contribution in [0.4, 0.5) is 5.69 Å². The first-order valence-electron chi connectivity index (χ1n) is 6.91. The molecule has 4 rings (SSSR count). The molecule has 96 valence electrons. The molecule has 2 aliphatic rings. The summed E-state index contributed by atoms with van der Waals surface area (Å²) in [4.78, 5) is 6.93. The Morgan fingerprint density at radius 2 is 2.00 bits per heavy atom. The van der Waals surface area contributed by atoms with Gasteiger partial charge in [-0.05, 0) is 18.1 Å². The van der Waals surface area contributed by atoms with E-state index in [1.807, 2.05) is 18.5 Å². The van der Waals surface area contributed by atoms with Crippen molar-refractivity contribution in [2.24, 2.45) is 0 Å². The lowest BCUT2D eigenvalue weighted by Crippen LogP contribution is -2.43. The normalized spacial score (nSPS) is 24.9. The van der Waals surface area contributed by atoms with E-state index in [0.717, 1.165) is 13.1 Å². The number of nitrogens with one attached hydrogen (secondary N) is 1. The molecule has 3 nitrogen and oxygen atoms in total. The van der Waals surface area contributed by atoms with Crippen LogP contribution < -0.4 is 10.2 Å². The summed E-state index contributed by atoms with van der Waals surface area (Å²) in [5.41, 5.74) is 3.70. The lowest BCUT2D eigenvalue weighted by atomic mass is 10.1. The first kappa shape index (κ1) is 11.0. The Kier molecular flexibility index (Phi) is 2.52. The zero-order chi connectivity index (χ0) is 12.7. The lowest BCUT2D eigenvalue weighted by Gasteiger charge is -2.29. The molecule has 0 saturated carbocycles. The van der Waals surface area contributed by atoms with Crippen LogP contribution in [0.2, 0.25) is 0 Å². The van der Waals surface area contributed by atoms with Crippen LogP contribution >= 0.6 is 0 Å². The van der Waals surface area contributed by atoms with Crippen molar-refractivity contribution in [2.45, 2.75) is 18.5 Å². The molecule has 1 aromatic carbocycles. The van der Waals surface area contributed by atoms with E-state index in [0.29, 0.717) is 12.1 Å². The maximum atomic E-state index is 4.43. The van der Waals surface area contributed by atoms with Gasteiger partial charge < -0.3 is 10.2 Å². The highest BCUT2D eigenvalue weighted by Gasteiger charge is 2.37. The van der Waals surface area contributed by atoms with Gasteiger partial charge in [0.25, 0.3) is 0 Å². The highest BCUT2D eigenvalue weighted by molar-refractivity contribution is 5.67. The third-order valence-electron chi connectivity index (χ3n) is 4.22. The Hall–Kier alpha value is -1.87. The summed E-state index contributed by atoms with van der Waals surface area (Å²) in [7, 11) is 0. The second-order valence-electron chi connectivity index (χ2n) is 5.44. The average Bonchev–Trinajstić information content (AvgIpc) is 3.11. The topological polar surface area (TPSA) is 28.2 Å². The average molecular weight is 251 g/mol. The van der Waals surface area contributed by atoms with Gasteiger partial charge in [0.2, 0.25) is 0 Å². The zero-order valence-electron chi connectivity index (χ0n) is 10.8. The van der Waals surface area contributed by atoms with Crippen molar-refractivity contribution >= 4 is 5.69 Å². The Bertz CT molecular complexity index is 582. The first-order chi connectivity index (χ1) is 9.40. The minimum Gasteiger partial charge on any atom is -0.364 e. The molecule has 2 aliphatic heterocycles. The number of pyridine rings is 1. The zero-order valence-corrected chi connectivity index (χ0v) is 10.8. The summed E-state index contributed by atoms with van der Waals surface area (Å²) >= 11 is 0. The number of rotatable bonds is 2. The molecule has 0 amide bonds. The number of benzene rings is 1. The number of hydrogen-bond acceptors (Lipinski definition) is 3. The van der Waals surface area contributed by atoms with Crippen LogP contribution in [0.1, 0.15) is 6.42 Å². The second kappa shape index (κ2) is 4.35. The predicted octanol–water partition coefficient (Wildman–Crippen LogP) is 2.30. The molecule has 0 aliphatic carbocycles. The van der Waals surface area contributed by atoms with E-state index >= 15 is 0 Å². The van der Waals surface area contributed by atoms with Crippen molar-refractivity contribution < 1.29 is 0 Å². The fourth-order valence-corrected chi connectivity index (χ4v) is 3.25. The molecule has 2 unspecified atom stereocenters. The van der Waals surface area contributed by atoms with E-state index in [1.54, 1.807) is 0 Å². The van der Waals surface area contributed by atoms with Gasteiger partial charge in [-0.25, -0.2) is 0 Å². The van der Waals surface area contributed by atoms with Crippen LogP contribution in [-0.4, -0.2) is 30.2 Å². The Morgan fingerprint density at radius 1 is 1.11 bits per heavy atom. The predicted molar refractivity (Wildman–Crippen MR) is 77.2 cm³/mol. The maximum Gasteiger partial charge on any atom is 0.0562 e. The molecule has 1 N–H and O–H groups in total. The van der Waals surface area contributed by atoms with Crippen LogP contribution in [-0.2, 0) is 0 Å². The summed E-state index contributed by atoms with van der Waals surface area (Å²) in [6.45, 7) is 2.23. The minimum absolute atomic E-state index is 0.651. The van der Waals surface area contributed by atoms with E-state index in [-0.39, 0.29) is 0 Å². The molecule has 0 radical (unpaired) electrons. The second-order valence-corrected chi connectivity index (χ2v) is 5.44. The summed E-state index contributed by atoms with van der Waals surface area (Å²) in [5.74, 6) is 0. The van der Waals surface area contributed by atoms with E-state index in [4.69, 9.17) is 0 Å². The van der Waals surface area contributed by atoms with Gasteiger partial charge in [0.05, 0.1) is 11.9 Å². The molecule has 2 fully saturated rings. The molecule has 2 saturated heterocycles. The highest BCUT2D eigenvalue weighted by atomic mass is 15.3. The fourth-order valence-electron chi connectivity index (χ4n) is 3.25. The van der Waals surface area contributed by atoms with Crippen LogP contribution in [0.5, 0.6) is 0 Å². The monoisotopic (exact) mass is 251 g/mol. The number of anilines is 1. The number of nitrogens with zero attached hydrogens (tertiary/aromatic N) is 2. The van der Waals surface area contributed by atoms with Crippen molar-refractivity contribution in [1.29, 1.82) is 0 Å². The fraction of sp³-hybridized carbons (Fsp3) is 0.312. The van der Waals surface area contributed by atoms with Crippen LogP contribution in [0.25, 0.3) is 11.1 Å². The van der Waals surface area contributed by atoms with Crippen molar-refractivity contribution in [3.05, 3.63) is 48.8 Å². The third kappa shape index (κ3) is 1.90. The largest absolute Gasteiger partial charge is 0.364 e. The van der Waals surface area contributed by atoms with Gasteiger partial charge in [0, 0.05) is 36.9 Å². The number of aromatic nitrogens is 1. The van der Waals surface area contributed by atoms with Crippen molar-refractivity contribution in [2.75, 3.05) is 18.0 Å². The molecule has 19 heavy (non-hydrogen) atoms. The SMILES string of the molecule is c1ccc(-c2cncc(N3CC4CC3CN4)c2)cc1. The van der Waals surface area contributed by atoms with E-state index in [9.17, 15) is 0 Å². The van der Waals surface area contributed by atoms with Crippen LogP contribution in [0.15, 0.2) is 48.8 Å². The third-order valence-corrected chi connectivity index (χ3v) is 4.22. The Morgan fingerprint density at radius 3 is 2.74 bits per heavy atom. The molecule has 1 aromatic heterocycles. The van der Waals surface area contributed by atoms with Gasteiger partial charge in [0.1, 0.15) is 0 Å². The number of piperazine rings is 1. The summed E-state index contributed by atoms with van der Waals surface area (Å²) in [5, 5.41) is 3.54. The highest BCUT2D eigenvalue weighted by Crippen LogP contribution is 2.31. The molecule has 2 aromatic rings. The Labute approximate surface area is 113 Å². The van der Waals surface area contributed by atoms with E-state index in [2.05, 4.69) is 45.5 Å². The molecular formula is C16H17N3. The van der Waals surface area contributed by atoms with Crippen molar-refractivity contribution in [3.63, 3.8) is 0 Å². The van der Waals surface area contributed by atoms with Gasteiger partial charge in [-0.2, -0.15) is 0 Å². The number of hydrogen-bond donors (Lipinski definition) is 1. The van der Waals surface area contributed by atoms with E-state index < -0.39 is 0 Å². The van der Waals surface area contributed by atoms with Crippen molar-refractivity contribution in [3.8, 4) is 11.1 Å².